The molecule has 3 fully saturated rings. The fourth-order valence-electron chi connectivity index (χ4n) is 5.02. The van der Waals surface area contributed by atoms with Gasteiger partial charge in [-0.25, -0.2) is 0 Å². The summed E-state index contributed by atoms with van der Waals surface area (Å²) in [6.45, 7) is 8.60. The molecule has 0 atom stereocenters. The number of rotatable bonds is 4. The summed E-state index contributed by atoms with van der Waals surface area (Å²) in [5.74, 6) is 0.178. The van der Waals surface area contributed by atoms with E-state index in [0.717, 1.165) is 25.7 Å². The molecule has 2 aliphatic heterocycles. The molecule has 0 aromatic rings. The van der Waals surface area contributed by atoms with Gasteiger partial charge in [0.1, 0.15) is 0 Å². The molecule has 178 valence electrons. The zero-order valence-electron chi connectivity index (χ0n) is 19.7. The summed E-state index contributed by atoms with van der Waals surface area (Å²) < 4.78 is 29.2. The second-order valence-electron chi connectivity index (χ2n) is 10.4. The standard InChI is InChI=1S/C22H40N4O4S/c1-22(2,3)21(28)25-12-10-18(11-13-25)20(27)24-14-16-26(17-15-24)31(29,30)23(4)19-8-6-5-7-9-19/h18-19H,5-17H2,1-4H3. The van der Waals surface area contributed by atoms with Crippen LogP contribution in [-0.4, -0.2) is 91.0 Å². The third kappa shape index (κ3) is 5.60. The quantitative estimate of drug-likeness (QED) is 0.647. The molecule has 1 saturated carbocycles. The Bertz CT molecular complexity index is 742. The molecule has 2 saturated heterocycles. The van der Waals surface area contributed by atoms with Gasteiger partial charge in [-0.2, -0.15) is 17.0 Å². The van der Waals surface area contributed by atoms with E-state index in [4.69, 9.17) is 0 Å². The molecule has 3 aliphatic rings. The number of hydrogen-bond acceptors (Lipinski definition) is 4. The number of carbonyl (C=O) groups excluding carboxylic acids is 2. The largest absolute Gasteiger partial charge is 0.342 e. The lowest BCUT2D eigenvalue weighted by Gasteiger charge is -2.41. The molecule has 0 radical (unpaired) electrons. The Hall–Kier alpha value is -1.19. The van der Waals surface area contributed by atoms with E-state index in [-0.39, 0.29) is 23.8 Å². The van der Waals surface area contributed by atoms with Gasteiger partial charge in [-0.15, -0.1) is 0 Å². The molecule has 1 aliphatic carbocycles. The molecule has 0 unspecified atom stereocenters. The van der Waals surface area contributed by atoms with Crippen LogP contribution in [0.2, 0.25) is 0 Å². The van der Waals surface area contributed by atoms with Crippen molar-refractivity contribution in [1.29, 1.82) is 0 Å². The van der Waals surface area contributed by atoms with E-state index >= 15 is 0 Å². The van der Waals surface area contributed by atoms with Gasteiger partial charge in [0.2, 0.25) is 11.8 Å². The molecule has 31 heavy (non-hydrogen) atoms. The SMILES string of the molecule is CN(C1CCCCC1)S(=O)(=O)N1CCN(C(=O)C2CCN(C(=O)C(C)(C)C)CC2)CC1. The topological polar surface area (TPSA) is 81.2 Å². The van der Waals surface area contributed by atoms with E-state index < -0.39 is 15.6 Å². The van der Waals surface area contributed by atoms with Crippen LogP contribution in [0.1, 0.15) is 65.7 Å². The van der Waals surface area contributed by atoms with Crippen LogP contribution in [-0.2, 0) is 19.8 Å². The van der Waals surface area contributed by atoms with Crippen molar-refractivity contribution in [1.82, 2.24) is 18.4 Å². The number of piperazine rings is 1. The van der Waals surface area contributed by atoms with Crippen molar-refractivity contribution in [2.75, 3.05) is 46.3 Å². The first kappa shape index (κ1) is 24.5. The third-order valence-electron chi connectivity index (χ3n) is 7.10. The molecule has 8 nitrogen and oxygen atoms in total. The van der Waals surface area contributed by atoms with Gasteiger partial charge in [-0.3, -0.25) is 9.59 Å². The Kier molecular flexibility index (Phi) is 7.69. The zero-order valence-corrected chi connectivity index (χ0v) is 20.5. The van der Waals surface area contributed by atoms with Gasteiger partial charge >= 0.3 is 0 Å². The van der Waals surface area contributed by atoms with Crippen LogP contribution >= 0.6 is 0 Å². The Balaban J connectivity index is 1.49. The molecule has 2 amide bonds. The van der Waals surface area contributed by atoms with Crippen molar-refractivity contribution >= 4 is 22.0 Å². The maximum Gasteiger partial charge on any atom is 0.282 e. The molecule has 0 spiro atoms. The van der Waals surface area contributed by atoms with E-state index in [9.17, 15) is 18.0 Å². The molecular formula is C22H40N4O4S. The maximum atomic E-state index is 13.1. The minimum Gasteiger partial charge on any atom is -0.342 e. The summed E-state index contributed by atoms with van der Waals surface area (Å²) in [6, 6.07) is 0.0967. The van der Waals surface area contributed by atoms with E-state index in [1.807, 2.05) is 30.6 Å². The first-order chi connectivity index (χ1) is 14.5. The summed E-state index contributed by atoms with van der Waals surface area (Å²) in [7, 11) is -1.78. The van der Waals surface area contributed by atoms with Crippen molar-refractivity contribution in [2.45, 2.75) is 71.8 Å². The monoisotopic (exact) mass is 456 g/mol. The molecule has 0 N–H and O–H groups in total. The summed E-state index contributed by atoms with van der Waals surface area (Å²) in [5, 5.41) is 0. The Morgan fingerprint density at radius 1 is 0.806 bits per heavy atom. The van der Waals surface area contributed by atoms with E-state index in [1.165, 1.54) is 10.7 Å². The lowest BCUT2D eigenvalue weighted by molar-refractivity contribution is -0.145. The van der Waals surface area contributed by atoms with Crippen LogP contribution in [0.5, 0.6) is 0 Å². The zero-order chi connectivity index (χ0) is 22.8. The van der Waals surface area contributed by atoms with E-state index in [2.05, 4.69) is 0 Å². The van der Waals surface area contributed by atoms with Crippen LogP contribution in [0.15, 0.2) is 0 Å². The summed E-state index contributed by atoms with van der Waals surface area (Å²) in [5.41, 5.74) is -0.399. The predicted molar refractivity (Wildman–Crippen MR) is 120 cm³/mol. The van der Waals surface area contributed by atoms with Gasteiger partial charge < -0.3 is 9.80 Å². The Morgan fingerprint density at radius 2 is 1.35 bits per heavy atom. The molecule has 0 aromatic carbocycles. The van der Waals surface area contributed by atoms with Gasteiger partial charge in [-0.1, -0.05) is 40.0 Å². The molecular weight excluding hydrogens is 416 g/mol. The molecule has 3 rings (SSSR count). The number of piperidine rings is 1. The first-order valence-corrected chi connectivity index (χ1v) is 13.2. The van der Waals surface area contributed by atoms with Crippen LogP contribution in [0.25, 0.3) is 0 Å². The molecule has 0 bridgehead atoms. The number of hydrogen-bond donors (Lipinski definition) is 0. The molecule has 0 aromatic heterocycles. The second kappa shape index (κ2) is 9.75. The number of nitrogens with zero attached hydrogens (tertiary/aromatic N) is 4. The molecule has 2 heterocycles. The van der Waals surface area contributed by atoms with Gasteiger partial charge in [-0.05, 0) is 25.7 Å². The van der Waals surface area contributed by atoms with E-state index in [0.29, 0.717) is 52.1 Å². The second-order valence-corrected chi connectivity index (χ2v) is 12.3. The fraction of sp³-hybridized carbons (Fsp3) is 0.909. The average Bonchev–Trinajstić information content (AvgIpc) is 2.77. The highest BCUT2D eigenvalue weighted by Crippen LogP contribution is 2.27. The minimum absolute atomic E-state index is 0.0721. The smallest absolute Gasteiger partial charge is 0.282 e. The molecule has 9 heteroatoms. The Labute approximate surface area is 188 Å². The lowest BCUT2D eigenvalue weighted by Crippen LogP contribution is -2.56. The number of likely N-dealkylation sites (tertiary alicyclic amines) is 1. The highest BCUT2D eigenvalue weighted by molar-refractivity contribution is 7.86. The van der Waals surface area contributed by atoms with Crippen molar-refractivity contribution in [3.8, 4) is 0 Å². The van der Waals surface area contributed by atoms with Crippen LogP contribution in [0.4, 0.5) is 0 Å². The van der Waals surface area contributed by atoms with Crippen molar-refractivity contribution in [2.24, 2.45) is 11.3 Å². The van der Waals surface area contributed by atoms with E-state index in [1.54, 1.807) is 11.4 Å². The third-order valence-corrected chi connectivity index (χ3v) is 9.15. The Morgan fingerprint density at radius 3 is 1.87 bits per heavy atom. The highest BCUT2D eigenvalue weighted by Gasteiger charge is 2.38. The summed E-state index contributed by atoms with van der Waals surface area (Å²) >= 11 is 0. The lowest BCUT2D eigenvalue weighted by atomic mass is 9.90. The fourth-order valence-corrected chi connectivity index (χ4v) is 6.59. The van der Waals surface area contributed by atoms with Crippen molar-refractivity contribution < 1.29 is 18.0 Å². The highest BCUT2D eigenvalue weighted by atomic mass is 32.2. The first-order valence-electron chi connectivity index (χ1n) is 11.8. The minimum atomic E-state index is -3.48. The summed E-state index contributed by atoms with van der Waals surface area (Å²) in [4.78, 5) is 29.2. The predicted octanol–water partition coefficient (Wildman–Crippen LogP) is 1.92. The van der Waals surface area contributed by atoms with Crippen molar-refractivity contribution in [3.05, 3.63) is 0 Å². The average molecular weight is 457 g/mol. The van der Waals surface area contributed by atoms with Gasteiger partial charge in [0.25, 0.3) is 10.2 Å². The van der Waals surface area contributed by atoms with Crippen LogP contribution in [0.3, 0.4) is 0 Å². The van der Waals surface area contributed by atoms with Gasteiger partial charge in [0, 0.05) is 63.7 Å². The number of amides is 2. The normalized spacial score (nSPS) is 23.4. The van der Waals surface area contributed by atoms with Crippen LogP contribution in [0, 0.1) is 11.3 Å². The van der Waals surface area contributed by atoms with Gasteiger partial charge in [0.05, 0.1) is 0 Å². The summed E-state index contributed by atoms with van der Waals surface area (Å²) in [6.07, 6.45) is 6.61. The van der Waals surface area contributed by atoms with Crippen LogP contribution < -0.4 is 0 Å². The maximum absolute atomic E-state index is 13.1. The van der Waals surface area contributed by atoms with Crippen molar-refractivity contribution in [3.63, 3.8) is 0 Å². The number of carbonyl (C=O) groups is 2. The van der Waals surface area contributed by atoms with Gasteiger partial charge in [0.15, 0.2) is 0 Å².